The fourth-order valence-electron chi connectivity index (χ4n) is 3.11. The Morgan fingerprint density at radius 3 is 2.22 bits per heavy atom. The number of sulfone groups is 1. The normalized spacial score (nSPS) is 27.0. The van der Waals surface area contributed by atoms with Gasteiger partial charge in [-0.2, -0.15) is 0 Å². The fourth-order valence-corrected chi connectivity index (χ4v) is 5.53. The summed E-state index contributed by atoms with van der Waals surface area (Å²) in [6, 6.07) is 13.6. The number of aryl methyl sites for hydroxylation is 1. The first kappa shape index (κ1) is 16.5. The van der Waals surface area contributed by atoms with Crippen molar-refractivity contribution >= 4 is 21.4 Å². The van der Waals surface area contributed by atoms with E-state index in [1.165, 1.54) is 0 Å². The highest BCUT2D eigenvalue weighted by Crippen LogP contribution is 2.55. The Kier molecular flexibility index (Phi) is 4.01. The van der Waals surface area contributed by atoms with E-state index in [4.69, 9.17) is 17.3 Å². The van der Waals surface area contributed by atoms with Gasteiger partial charge in [-0.25, -0.2) is 8.42 Å². The molecule has 4 nitrogen and oxygen atoms in total. The maximum atomic E-state index is 12.9. The van der Waals surface area contributed by atoms with Crippen LogP contribution < -0.4 is 5.73 Å². The standard InChI is InChI=1S/C17H18ClNO3S/c1-11-2-8-14(9-3-11)23(21,22)16-15(17(16,19)10-20)12-4-6-13(18)7-5-12/h2-9,15-16,20H,10,19H2,1H3/t15-,16-,17-/m0/s1. The molecule has 2 aromatic carbocycles. The van der Waals surface area contributed by atoms with Gasteiger partial charge in [-0.05, 0) is 36.8 Å². The molecular formula is C17H18ClNO3S. The third kappa shape index (κ3) is 2.68. The number of nitrogens with two attached hydrogens (primary N) is 1. The molecule has 23 heavy (non-hydrogen) atoms. The minimum Gasteiger partial charge on any atom is -0.394 e. The second-order valence-electron chi connectivity index (χ2n) is 6.08. The molecule has 122 valence electrons. The first-order chi connectivity index (χ1) is 10.8. The maximum absolute atomic E-state index is 12.9. The number of aliphatic hydroxyl groups excluding tert-OH is 1. The Bertz CT molecular complexity index is 818. The first-order valence-corrected chi connectivity index (χ1v) is 9.19. The van der Waals surface area contributed by atoms with Crippen molar-refractivity contribution in [1.29, 1.82) is 0 Å². The van der Waals surface area contributed by atoms with E-state index in [2.05, 4.69) is 0 Å². The summed E-state index contributed by atoms with van der Waals surface area (Å²) >= 11 is 5.88. The topological polar surface area (TPSA) is 80.4 Å². The molecule has 0 radical (unpaired) electrons. The van der Waals surface area contributed by atoms with Gasteiger partial charge in [0, 0.05) is 10.9 Å². The minimum atomic E-state index is -3.63. The Balaban J connectivity index is 2.01. The minimum absolute atomic E-state index is 0.229. The molecule has 1 aliphatic carbocycles. The summed E-state index contributed by atoms with van der Waals surface area (Å²) in [5.74, 6) is -0.448. The molecule has 0 amide bonds. The number of hydrogen-bond donors (Lipinski definition) is 2. The maximum Gasteiger partial charge on any atom is 0.183 e. The molecule has 0 aliphatic heterocycles. The monoisotopic (exact) mass is 351 g/mol. The van der Waals surface area contributed by atoms with Crippen LogP contribution in [0.5, 0.6) is 0 Å². The van der Waals surface area contributed by atoms with Gasteiger partial charge in [0.2, 0.25) is 0 Å². The lowest BCUT2D eigenvalue weighted by atomic mass is 10.1. The van der Waals surface area contributed by atoms with Crippen LogP contribution in [0.25, 0.3) is 0 Å². The molecule has 3 N–H and O–H groups in total. The van der Waals surface area contributed by atoms with Crippen molar-refractivity contribution in [1.82, 2.24) is 0 Å². The molecule has 6 heteroatoms. The second-order valence-corrected chi connectivity index (χ2v) is 8.58. The number of aliphatic hydroxyl groups is 1. The van der Waals surface area contributed by atoms with Crippen LogP contribution in [0.3, 0.4) is 0 Å². The predicted molar refractivity (Wildman–Crippen MR) is 90.4 cm³/mol. The number of benzene rings is 2. The lowest BCUT2D eigenvalue weighted by Gasteiger charge is -2.08. The van der Waals surface area contributed by atoms with E-state index >= 15 is 0 Å². The van der Waals surface area contributed by atoms with E-state index in [0.717, 1.165) is 11.1 Å². The molecule has 1 aliphatic rings. The fraction of sp³-hybridized carbons (Fsp3) is 0.294. The highest BCUT2D eigenvalue weighted by molar-refractivity contribution is 7.92. The van der Waals surface area contributed by atoms with Crippen molar-refractivity contribution in [2.24, 2.45) is 5.73 Å². The van der Waals surface area contributed by atoms with Crippen LogP contribution in [0.2, 0.25) is 5.02 Å². The van der Waals surface area contributed by atoms with Crippen LogP contribution in [0.4, 0.5) is 0 Å². The predicted octanol–water partition coefficient (Wildman–Crippen LogP) is 2.28. The van der Waals surface area contributed by atoms with Gasteiger partial charge < -0.3 is 10.8 Å². The van der Waals surface area contributed by atoms with Gasteiger partial charge in [-0.15, -0.1) is 0 Å². The summed E-state index contributed by atoms with van der Waals surface area (Å²) in [6.45, 7) is 1.50. The van der Waals surface area contributed by atoms with Gasteiger partial charge in [0.25, 0.3) is 0 Å². The van der Waals surface area contributed by atoms with Crippen LogP contribution in [0.1, 0.15) is 17.0 Å². The van der Waals surface area contributed by atoms with Crippen LogP contribution in [-0.4, -0.2) is 30.9 Å². The molecule has 1 saturated carbocycles. The van der Waals surface area contributed by atoms with Gasteiger partial charge in [0.05, 0.1) is 22.3 Å². The van der Waals surface area contributed by atoms with Gasteiger partial charge in [-0.1, -0.05) is 41.4 Å². The summed E-state index contributed by atoms with van der Waals surface area (Å²) in [5.41, 5.74) is 6.78. The Morgan fingerprint density at radius 2 is 1.70 bits per heavy atom. The molecule has 0 saturated heterocycles. The number of halogens is 1. The largest absolute Gasteiger partial charge is 0.394 e. The third-order valence-corrected chi connectivity index (χ3v) is 7.05. The van der Waals surface area contributed by atoms with Crippen LogP contribution in [-0.2, 0) is 9.84 Å². The summed E-state index contributed by atoms with van der Waals surface area (Å²) in [4.78, 5) is 0.229. The van der Waals surface area contributed by atoms with Crippen molar-refractivity contribution in [3.05, 3.63) is 64.7 Å². The smallest absolute Gasteiger partial charge is 0.183 e. The lowest BCUT2D eigenvalue weighted by Crippen LogP contribution is -2.35. The summed E-state index contributed by atoms with van der Waals surface area (Å²) < 4.78 is 25.8. The Hall–Kier alpha value is -1.40. The van der Waals surface area contributed by atoms with Crippen molar-refractivity contribution in [2.75, 3.05) is 6.61 Å². The third-order valence-electron chi connectivity index (χ3n) is 4.49. The van der Waals surface area contributed by atoms with Gasteiger partial charge >= 0.3 is 0 Å². The SMILES string of the molecule is Cc1ccc(S(=O)(=O)[C@H]2[C@H](c3ccc(Cl)cc3)[C@@]2(N)CO)cc1. The highest BCUT2D eigenvalue weighted by atomic mass is 35.5. The van der Waals surface area contributed by atoms with Crippen molar-refractivity contribution in [2.45, 2.75) is 28.5 Å². The van der Waals surface area contributed by atoms with E-state index in [-0.39, 0.29) is 4.90 Å². The zero-order valence-electron chi connectivity index (χ0n) is 12.6. The Morgan fingerprint density at radius 1 is 1.13 bits per heavy atom. The summed E-state index contributed by atoms with van der Waals surface area (Å²) in [5, 5.41) is 9.39. The molecule has 0 aromatic heterocycles. The number of rotatable bonds is 4. The van der Waals surface area contributed by atoms with Crippen LogP contribution >= 0.6 is 11.6 Å². The lowest BCUT2D eigenvalue weighted by molar-refractivity contribution is 0.253. The average molecular weight is 352 g/mol. The average Bonchev–Trinajstić information content (AvgIpc) is 3.16. The quantitative estimate of drug-likeness (QED) is 0.885. The number of hydrogen-bond acceptors (Lipinski definition) is 4. The molecule has 1 fully saturated rings. The molecule has 3 atom stereocenters. The van der Waals surface area contributed by atoms with Crippen LogP contribution in [0.15, 0.2) is 53.4 Å². The highest BCUT2D eigenvalue weighted by Gasteiger charge is 2.69. The van der Waals surface area contributed by atoms with Crippen LogP contribution in [0, 0.1) is 6.92 Å². The molecule has 0 bridgehead atoms. The zero-order valence-corrected chi connectivity index (χ0v) is 14.2. The first-order valence-electron chi connectivity index (χ1n) is 7.26. The van der Waals surface area contributed by atoms with Gasteiger partial charge in [-0.3, -0.25) is 0 Å². The molecule has 0 spiro atoms. The molecule has 2 aromatic rings. The summed E-state index contributed by atoms with van der Waals surface area (Å²) in [7, 11) is -3.63. The molecule has 0 unspecified atom stereocenters. The van der Waals surface area contributed by atoms with Crippen molar-refractivity contribution in [3.8, 4) is 0 Å². The van der Waals surface area contributed by atoms with E-state index in [0.29, 0.717) is 5.02 Å². The molecule has 0 heterocycles. The van der Waals surface area contributed by atoms with Crippen molar-refractivity contribution in [3.63, 3.8) is 0 Å². The second kappa shape index (κ2) is 5.60. The van der Waals surface area contributed by atoms with Gasteiger partial charge in [0.1, 0.15) is 0 Å². The Labute approximate surface area is 140 Å². The molecular weight excluding hydrogens is 334 g/mol. The van der Waals surface area contributed by atoms with E-state index < -0.39 is 33.2 Å². The van der Waals surface area contributed by atoms with E-state index in [1.807, 2.05) is 6.92 Å². The van der Waals surface area contributed by atoms with E-state index in [9.17, 15) is 13.5 Å². The van der Waals surface area contributed by atoms with Gasteiger partial charge in [0.15, 0.2) is 9.84 Å². The molecule has 3 rings (SSSR count). The zero-order chi connectivity index (χ0) is 16.8. The van der Waals surface area contributed by atoms with Crippen molar-refractivity contribution < 1.29 is 13.5 Å². The van der Waals surface area contributed by atoms with E-state index in [1.54, 1.807) is 48.5 Å². The summed E-state index contributed by atoms with van der Waals surface area (Å²) in [6.07, 6.45) is 0.